The summed E-state index contributed by atoms with van der Waals surface area (Å²) in [6.45, 7) is 4.95. The van der Waals surface area contributed by atoms with Crippen LogP contribution in [0.15, 0.2) is 24.3 Å². The van der Waals surface area contributed by atoms with Crippen molar-refractivity contribution >= 4 is 5.69 Å². The Morgan fingerprint density at radius 3 is 2.84 bits per heavy atom. The first-order chi connectivity index (χ1) is 9.43. The SMILES string of the molecule is c1ccc2c(c1)CCCCN2CCC1CCNCC1. The zero-order valence-corrected chi connectivity index (χ0v) is 11.9. The maximum atomic E-state index is 3.46. The van der Waals surface area contributed by atoms with Gasteiger partial charge in [-0.1, -0.05) is 18.2 Å². The molecule has 1 aromatic carbocycles. The molecule has 1 aromatic rings. The lowest BCUT2D eigenvalue weighted by Gasteiger charge is -2.29. The van der Waals surface area contributed by atoms with E-state index in [4.69, 9.17) is 0 Å². The number of para-hydroxylation sites is 1. The summed E-state index contributed by atoms with van der Waals surface area (Å²) in [6.07, 6.45) is 8.07. The van der Waals surface area contributed by atoms with Crippen LogP contribution >= 0.6 is 0 Å². The number of nitrogens with zero attached hydrogens (tertiary/aromatic N) is 1. The Morgan fingerprint density at radius 2 is 1.95 bits per heavy atom. The van der Waals surface area contributed by atoms with Gasteiger partial charge in [0.25, 0.3) is 0 Å². The van der Waals surface area contributed by atoms with Crippen LogP contribution in [0.5, 0.6) is 0 Å². The Kier molecular flexibility index (Phi) is 4.39. The second-order valence-corrected chi connectivity index (χ2v) is 6.05. The van der Waals surface area contributed by atoms with Crippen molar-refractivity contribution in [2.75, 3.05) is 31.1 Å². The highest BCUT2D eigenvalue weighted by atomic mass is 15.1. The molecule has 3 rings (SSSR count). The Bertz CT molecular complexity index is 396. The van der Waals surface area contributed by atoms with Gasteiger partial charge in [0.2, 0.25) is 0 Å². The summed E-state index contributed by atoms with van der Waals surface area (Å²) >= 11 is 0. The number of hydrogen-bond donors (Lipinski definition) is 1. The third-order valence-corrected chi connectivity index (χ3v) is 4.72. The number of nitrogens with one attached hydrogen (secondary N) is 1. The van der Waals surface area contributed by atoms with Gasteiger partial charge in [-0.05, 0) is 69.2 Å². The van der Waals surface area contributed by atoms with Crippen LogP contribution in [-0.4, -0.2) is 26.2 Å². The molecule has 2 heteroatoms. The quantitative estimate of drug-likeness (QED) is 0.895. The lowest BCUT2D eigenvalue weighted by Crippen LogP contribution is -2.31. The third kappa shape index (κ3) is 3.30. The summed E-state index contributed by atoms with van der Waals surface area (Å²) in [5, 5.41) is 3.46. The zero-order chi connectivity index (χ0) is 12.9. The average Bonchev–Trinajstić information content (AvgIpc) is 2.68. The van der Waals surface area contributed by atoms with Crippen LogP contribution in [0.4, 0.5) is 5.69 Å². The predicted molar refractivity (Wildman–Crippen MR) is 81.8 cm³/mol. The van der Waals surface area contributed by atoms with Gasteiger partial charge < -0.3 is 10.2 Å². The van der Waals surface area contributed by atoms with E-state index >= 15 is 0 Å². The topological polar surface area (TPSA) is 15.3 Å². The molecule has 0 saturated carbocycles. The molecular formula is C17H26N2. The molecule has 0 bridgehead atoms. The molecule has 1 fully saturated rings. The van der Waals surface area contributed by atoms with Crippen molar-refractivity contribution in [2.24, 2.45) is 5.92 Å². The lowest BCUT2D eigenvalue weighted by atomic mass is 9.94. The molecule has 2 aliphatic heterocycles. The van der Waals surface area contributed by atoms with Gasteiger partial charge in [-0.25, -0.2) is 0 Å². The summed E-state index contributed by atoms with van der Waals surface area (Å²) in [4.78, 5) is 2.64. The maximum absolute atomic E-state index is 3.46. The van der Waals surface area contributed by atoms with Gasteiger partial charge in [0.1, 0.15) is 0 Å². The first kappa shape index (κ1) is 13.0. The molecule has 0 atom stereocenters. The predicted octanol–water partition coefficient (Wildman–Crippen LogP) is 3.22. The van der Waals surface area contributed by atoms with E-state index in [1.807, 2.05) is 0 Å². The molecular weight excluding hydrogens is 232 g/mol. The molecule has 0 spiro atoms. The number of fused-ring (bicyclic) bond motifs is 1. The summed E-state index contributed by atoms with van der Waals surface area (Å²) in [5.74, 6) is 0.941. The van der Waals surface area contributed by atoms with Crippen molar-refractivity contribution in [3.8, 4) is 0 Å². The number of piperidine rings is 1. The van der Waals surface area contributed by atoms with Crippen molar-refractivity contribution in [3.05, 3.63) is 29.8 Å². The highest BCUT2D eigenvalue weighted by Crippen LogP contribution is 2.27. The van der Waals surface area contributed by atoms with Gasteiger partial charge in [-0.15, -0.1) is 0 Å². The van der Waals surface area contributed by atoms with E-state index < -0.39 is 0 Å². The lowest BCUT2D eigenvalue weighted by molar-refractivity contribution is 0.355. The molecule has 1 N–H and O–H groups in total. The normalized spacial score (nSPS) is 20.9. The summed E-state index contributed by atoms with van der Waals surface area (Å²) < 4.78 is 0. The maximum Gasteiger partial charge on any atom is 0.0398 e. The fourth-order valence-electron chi connectivity index (χ4n) is 3.51. The van der Waals surface area contributed by atoms with E-state index in [1.165, 1.54) is 70.4 Å². The fourth-order valence-corrected chi connectivity index (χ4v) is 3.51. The third-order valence-electron chi connectivity index (χ3n) is 4.72. The molecule has 0 amide bonds. The minimum absolute atomic E-state index is 0.941. The Balaban J connectivity index is 1.63. The van der Waals surface area contributed by atoms with Crippen molar-refractivity contribution in [1.82, 2.24) is 5.32 Å². The first-order valence-corrected chi connectivity index (χ1v) is 7.97. The van der Waals surface area contributed by atoms with Gasteiger partial charge in [-0.2, -0.15) is 0 Å². The molecule has 0 radical (unpaired) electrons. The van der Waals surface area contributed by atoms with Crippen LogP contribution in [-0.2, 0) is 6.42 Å². The monoisotopic (exact) mass is 258 g/mol. The average molecular weight is 258 g/mol. The van der Waals surface area contributed by atoms with Gasteiger partial charge in [0.15, 0.2) is 0 Å². The Labute approximate surface area is 117 Å². The molecule has 2 nitrogen and oxygen atoms in total. The molecule has 2 heterocycles. The molecule has 1 saturated heterocycles. The molecule has 104 valence electrons. The number of benzene rings is 1. The van der Waals surface area contributed by atoms with Crippen LogP contribution in [0.3, 0.4) is 0 Å². The van der Waals surface area contributed by atoms with Gasteiger partial charge in [-0.3, -0.25) is 0 Å². The molecule has 0 aliphatic carbocycles. The zero-order valence-electron chi connectivity index (χ0n) is 11.9. The van der Waals surface area contributed by atoms with E-state index in [-0.39, 0.29) is 0 Å². The van der Waals surface area contributed by atoms with E-state index in [9.17, 15) is 0 Å². The standard InChI is InChI=1S/C17H26N2/c1-2-7-17-16(5-1)6-3-4-13-19(17)14-10-15-8-11-18-12-9-15/h1-2,5,7,15,18H,3-4,6,8-14H2. The largest absolute Gasteiger partial charge is 0.371 e. The van der Waals surface area contributed by atoms with Crippen LogP contribution in [0.2, 0.25) is 0 Å². The molecule has 19 heavy (non-hydrogen) atoms. The number of rotatable bonds is 3. The Morgan fingerprint density at radius 1 is 1.11 bits per heavy atom. The van der Waals surface area contributed by atoms with Gasteiger partial charge in [0, 0.05) is 18.8 Å². The smallest absolute Gasteiger partial charge is 0.0398 e. The van der Waals surface area contributed by atoms with Crippen molar-refractivity contribution in [3.63, 3.8) is 0 Å². The number of anilines is 1. The van der Waals surface area contributed by atoms with Crippen LogP contribution < -0.4 is 10.2 Å². The van der Waals surface area contributed by atoms with Gasteiger partial charge in [0.05, 0.1) is 0 Å². The molecule has 0 aromatic heterocycles. The highest BCUT2D eigenvalue weighted by molar-refractivity contribution is 5.54. The van der Waals surface area contributed by atoms with E-state index in [2.05, 4.69) is 34.5 Å². The minimum atomic E-state index is 0.941. The highest BCUT2D eigenvalue weighted by Gasteiger charge is 2.17. The minimum Gasteiger partial charge on any atom is -0.371 e. The number of hydrogen-bond acceptors (Lipinski definition) is 2. The van der Waals surface area contributed by atoms with Crippen LogP contribution in [0.25, 0.3) is 0 Å². The van der Waals surface area contributed by atoms with Crippen molar-refractivity contribution in [2.45, 2.75) is 38.5 Å². The molecule has 0 unspecified atom stereocenters. The second-order valence-electron chi connectivity index (χ2n) is 6.05. The van der Waals surface area contributed by atoms with E-state index in [1.54, 1.807) is 5.56 Å². The van der Waals surface area contributed by atoms with Crippen molar-refractivity contribution in [1.29, 1.82) is 0 Å². The summed E-state index contributed by atoms with van der Waals surface area (Å²) in [7, 11) is 0. The summed E-state index contributed by atoms with van der Waals surface area (Å²) in [5.41, 5.74) is 3.07. The second kappa shape index (κ2) is 6.42. The fraction of sp³-hybridized carbons (Fsp3) is 0.647. The van der Waals surface area contributed by atoms with E-state index in [0.717, 1.165) is 5.92 Å². The van der Waals surface area contributed by atoms with Crippen LogP contribution in [0, 0.1) is 5.92 Å². The molecule has 2 aliphatic rings. The number of aryl methyl sites for hydroxylation is 1. The Hall–Kier alpha value is -1.02. The van der Waals surface area contributed by atoms with Crippen LogP contribution in [0.1, 0.15) is 37.7 Å². The summed E-state index contributed by atoms with van der Waals surface area (Å²) in [6, 6.07) is 9.03. The first-order valence-electron chi connectivity index (χ1n) is 7.97. The van der Waals surface area contributed by atoms with Gasteiger partial charge >= 0.3 is 0 Å². The van der Waals surface area contributed by atoms with Crippen molar-refractivity contribution < 1.29 is 0 Å². The van der Waals surface area contributed by atoms with E-state index in [0.29, 0.717) is 0 Å².